The van der Waals surface area contributed by atoms with Gasteiger partial charge in [0.2, 0.25) is 0 Å². The Balaban J connectivity index is 2.99. The van der Waals surface area contributed by atoms with Crippen LogP contribution in [-0.2, 0) is 0 Å². The van der Waals surface area contributed by atoms with Crippen LogP contribution in [0.3, 0.4) is 0 Å². The summed E-state index contributed by atoms with van der Waals surface area (Å²) < 4.78 is 5.76. The van der Waals surface area contributed by atoms with Crippen LogP contribution in [0.5, 0.6) is 5.75 Å². The molecule has 0 aliphatic carbocycles. The predicted molar refractivity (Wildman–Crippen MR) is 60.3 cm³/mol. The summed E-state index contributed by atoms with van der Waals surface area (Å²) in [6.07, 6.45) is 4.07. The lowest BCUT2D eigenvalue weighted by molar-refractivity contribution is 0.104. The minimum atomic E-state index is -0.271. The molecule has 0 aliphatic rings. The average Bonchev–Trinajstić information content (AvgIpc) is 2.18. The average molecular weight is 207 g/mol. The lowest BCUT2D eigenvalue weighted by atomic mass is 10.1. The highest BCUT2D eigenvalue weighted by molar-refractivity contribution is 5.97. The lowest BCUT2D eigenvalue weighted by Gasteiger charge is -2.25. The number of hydrogen-bond acceptors (Lipinski definition) is 3. The van der Waals surface area contributed by atoms with Crippen LogP contribution in [0.4, 0.5) is 0 Å². The van der Waals surface area contributed by atoms with E-state index in [1.165, 1.54) is 0 Å². The molecule has 1 heterocycles. The van der Waals surface area contributed by atoms with Gasteiger partial charge in [-0.1, -0.05) is 6.92 Å². The molecule has 0 saturated heterocycles. The standard InChI is InChI=1S/C11H17N3O/c1-4-11(2,3)15-9-7-14-6-5-8(9)10(12)13/h5-7H,4H2,1-3H3,(H3,12,13). The van der Waals surface area contributed by atoms with Crippen LogP contribution < -0.4 is 10.5 Å². The summed E-state index contributed by atoms with van der Waals surface area (Å²) in [6.45, 7) is 6.03. The van der Waals surface area contributed by atoms with E-state index in [1.807, 2.05) is 20.8 Å². The molecule has 0 aromatic carbocycles. The molecule has 1 aromatic heterocycles. The zero-order chi connectivity index (χ0) is 11.5. The second-order valence-electron chi connectivity index (χ2n) is 4.00. The number of nitrogens with zero attached hydrogens (tertiary/aromatic N) is 1. The summed E-state index contributed by atoms with van der Waals surface area (Å²) in [5.74, 6) is 0.566. The molecule has 15 heavy (non-hydrogen) atoms. The van der Waals surface area contributed by atoms with Crippen LogP contribution in [0.15, 0.2) is 18.5 Å². The molecule has 0 amide bonds. The Kier molecular flexibility index (Phi) is 3.29. The fraction of sp³-hybridized carbons (Fsp3) is 0.455. The lowest BCUT2D eigenvalue weighted by Crippen LogP contribution is -2.28. The monoisotopic (exact) mass is 207 g/mol. The number of amidine groups is 1. The number of ether oxygens (including phenoxy) is 1. The third-order valence-electron chi connectivity index (χ3n) is 2.31. The molecular formula is C11H17N3O. The molecule has 0 unspecified atom stereocenters. The van der Waals surface area contributed by atoms with Crippen LogP contribution in [-0.4, -0.2) is 16.4 Å². The topological polar surface area (TPSA) is 72.0 Å². The van der Waals surface area contributed by atoms with E-state index in [0.717, 1.165) is 6.42 Å². The van der Waals surface area contributed by atoms with E-state index in [9.17, 15) is 0 Å². The molecule has 4 nitrogen and oxygen atoms in total. The van der Waals surface area contributed by atoms with Gasteiger partial charge in [-0.25, -0.2) is 0 Å². The molecule has 1 rings (SSSR count). The van der Waals surface area contributed by atoms with Gasteiger partial charge in [-0.3, -0.25) is 10.4 Å². The molecule has 4 heteroatoms. The van der Waals surface area contributed by atoms with E-state index in [1.54, 1.807) is 18.5 Å². The molecule has 3 N–H and O–H groups in total. The van der Waals surface area contributed by atoms with E-state index >= 15 is 0 Å². The first kappa shape index (κ1) is 11.5. The Bertz CT molecular complexity index is 361. The Morgan fingerprint density at radius 3 is 2.80 bits per heavy atom. The Morgan fingerprint density at radius 1 is 1.60 bits per heavy atom. The summed E-state index contributed by atoms with van der Waals surface area (Å²) in [5, 5.41) is 7.41. The third kappa shape index (κ3) is 2.94. The Morgan fingerprint density at radius 2 is 2.27 bits per heavy atom. The van der Waals surface area contributed by atoms with Gasteiger partial charge in [0.05, 0.1) is 11.8 Å². The van der Waals surface area contributed by atoms with Crippen molar-refractivity contribution < 1.29 is 4.74 Å². The van der Waals surface area contributed by atoms with Crippen molar-refractivity contribution in [2.24, 2.45) is 5.73 Å². The minimum Gasteiger partial charge on any atom is -0.485 e. The maximum absolute atomic E-state index is 7.41. The summed E-state index contributed by atoms with van der Waals surface area (Å²) in [5.41, 5.74) is 5.77. The highest BCUT2D eigenvalue weighted by Gasteiger charge is 2.19. The van der Waals surface area contributed by atoms with Gasteiger partial charge in [-0.2, -0.15) is 0 Å². The highest BCUT2D eigenvalue weighted by Crippen LogP contribution is 2.23. The van der Waals surface area contributed by atoms with Gasteiger partial charge in [-0.15, -0.1) is 0 Å². The van der Waals surface area contributed by atoms with E-state index in [2.05, 4.69) is 4.98 Å². The van der Waals surface area contributed by atoms with Gasteiger partial charge in [0.1, 0.15) is 17.2 Å². The quantitative estimate of drug-likeness (QED) is 0.585. The van der Waals surface area contributed by atoms with Gasteiger partial charge < -0.3 is 10.5 Å². The molecule has 1 aromatic rings. The van der Waals surface area contributed by atoms with Gasteiger partial charge in [0.25, 0.3) is 0 Å². The molecule has 0 bridgehead atoms. The molecule has 0 spiro atoms. The van der Waals surface area contributed by atoms with Crippen molar-refractivity contribution in [1.29, 1.82) is 5.41 Å². The maximum Gasteiger partial charge on any atom is 0.149 e. The minimum absolute atomic E-state index is 0.000645. The van der Waals surface area contributed by atoms with Crippen molar-refractivity contribution >= 4 is 5.84 Å². The van der Waals surface area contributed by atoms with Crippen molar-refractivity contribution in [3.63, 3.8) is 0 Å². The zero-order valence-electron chi connectivity index (χ0n) is 9.37. The van der Waals surface area contributed by atoms with Crippen molar-refractivity contribution in [1.82, 2.24) is 4.98 Å². The molecule has 0 fully saturated rings. The molecule has 0 saturated carbocycles. The summed E-state index contributed by atoms with van der Waals surface area (Å²) in [6, 6.07) is 1.68. The van der Waals surface area contributed by atoms with Gasteiger partial charge >= 0.3 is 0 Å². The van der Waals surface area contributed by atoms with Crippen molar-refractivity contribution in [2.75, 3.05) is 0 Å². The first-order chi connectivity index (χ1) is 6.96. The number of hydrogen-bond donors (Lipinski definition) is 2. The third-order valence-corrected chi connectivity index (χ3v) is 2.31. The zero-order valence-corrected chi connectivity index (χ0v) is 9.37. The number of rotatable bonds is 4. The van der Waals surface area contributed by atoms with Gasteiger partial charge in [-0.05, 0) is 26.3 Å². The summed E-state index contributed by atoms with van der Waals surface area (Å²) in [7, 11) is 0. The van der Waals surface area contributed by atoms with Crippen LogP contribution in [0, 0.1) is 5.41 Å². The summed E-state index contributed by atoms with van der Waals surface area (Å²) >= 11 is 0. The van der Waals surface area contributed by atoms with Gasteiger partial charge in [0.15, 0.2) is 0 Å². The second kappa shape index (κ2) is 4.29. The number of nitrogen functional groups attached to an aromatic ring is 1. The molecule has 0 aliphatic heterocycles. The molecular weight excluding hydrogens is 190 g/mol. The van der Waals surface area contributed by atoms with E-state index in [4.69, 9.17) is 15.9 Å². The fourth-order valence-electron chi connectivity index (χ4n) is 1.05. The van der Waals surface area contributed by atoms with Crippen molar-refractivity contribution in [3.05, 3.63) is 24.0 Å². The first-order valence-electron chi connectivity index (χ1n) is 4.93. The Labute approximate surface area is 90.0 Å². The van der Waals surface area contributed by atoms with E-state index < -0.39 is 0 Å². The molecule has 0 atom stereocenters. The number of nitrogens with two attached hydrogens (primary N) is 1. The van der Waals surface area contributed by atoms with E-state index in [0.29, 0.717) is 11.3 Å². The van der Waals surface area contributed by atoms with Crippen molar-refractivity contribution in [3.8, 4) is 5.75 Å². The van der Waals surface area contributed by atoms with Crippen molar-refractivity contribution in [2.45, 2.75) is 32.8 Å². The van der Waals surface area contributed by atoms with Gasteiger partial charge in [0, 0.05) is 6.20 Å². The Hall–Kier alpha value is -1.58. The number of aromatic nitrogens is 1. The predicted octanol–water partition coefficient (Wildman–Crippen LogP) is 1.93. The van der Waals surface area contributed by atoms with E-state index in [-0.39, 0.29) is 11.4 Å². The number of pyridine rings is 1. The largest absolute Gasteiger partial charge is 0.485 e. The number of nitrogens with one attached hydrogen (secondary N) is 1. The molecule has 82 valence electrons. The normalized spacial score (nSPS) is 11.1. The van der Waals surface area contributed by atoms with Crippen LogP contribution in [0.25, 0.3) is 0 Å². The van der Waals surface area contributed by atoms with Crippen LogP contribution >= 0.6 is 0 Å². The van der Waals surface area contributed by atoms with Crippen LogP contribution in [0.2, 0.25) is 0 Å². The first-order valence-corrected chi connectivity index (χ1v) is 4.93. The SMILES string of the molecule is CCC(C)(C)Oc1cnccc1C(=N)N. The fourth-order valence-corrected chi connectivity index (χ4v) is 1.05. The highest BCUT2D eigenvalue weighted by atomic mass is 16.5. The maximum atomic E-state index is 7.41. The smallest absolute Gasteiger partial charge is 0.149 e. The second-order valence-corrected chi connectivity index (χ2v) is 4.00. The summed E-state index contributed by atoms with van der Waals surface area (Å²) in [4.78, 5) is 3.97. The molecule has 0 radical (unpaired) electrons. The van der Waals surface area contributed by atoms with Crippen LogP contribution in [0.1, 0.15) is 32.8 Å².